The van der Waals surface area contributed by atoms with Gasteiger partial charge in [0.15, 0.2) is 0 Å². The zero-order valence-electron chi connectivity index (χ0n) is 12.9. The second kappa shape index (κ2) is 6.95. The van der Waals surface area contributed by atoms with Gasteiger partial charge >= 0.3 is 0 Å². The van der Waals surface area contributed by atoms with Crippen LogP contribution in [0.5, 0.6) is 0 Å². The molecular formula is C19H22N2. The first-order valence-corrected chi connectivity index (χ1v) is 7.42. The average Bonchev–Trinajstić information content (AvgIpc) is 2.49. The molecule has 21 heavy (non-hydrogen) atoms. The lowest BCUT2D eigenvalue weighted by Crippen LogP contribution is -2.14. The monoisotopic (exact) mass is 278 g/mol. The summed E-state index contributed by atoms with van der Waals surface area (Å²) in [4.78, 5) is 0. The van der Waals surface area contributed by atoms with Gasteiger partial charge in [-0.25, -0.2) is 0 Å². The molecule has 0 aliphatic carbocycles. The van der Waals surface area contributed by atoms with Crippen LogP contribution in [0, 0.1) is 24.2 Å². The summed E-state index contributed by atoms with van der Waals surface area (Å²) < 4.78 is 0. The Balaban J connectivity index is 2.29. The van der Waals surface area contributed by atoms with E-state index in [1.807, 2.05) is 24.3 Å². The van der Waals surface area contributed by atoms with Gasteiger partial charge in [-0.1, -0.05) is 50.2 Å². The van der Waals surface area contributed by atoms with Crippen molar-refractivity contribution < 1.29 is 0 Å². The molecular weight excluding hydrogens is 256 g/mol. The zero-order chi connectivity index (χ0) is 15.2. The van der Waals surface area contributed by atoms with Crippen molar-refractivity contribution in [2.45, 2.75) is 33.2 Å². The molecule has 0 fully saturated rings. The first kappa shape index (κ1) is 15.1. The lowest BCUT2D eigenvalue weighted by Gasteiger charge is -2.23. The van der Waals surface area contributed by atoms with Crippen LogP contribution in [0.2, 0.25) is 0 Å². The van der Waals surface area contributed by atoms with Gasteiger partial charge in [-0.15, -0.1) is 0 Å². The maximum Gasteiger partial charge on any atom is 0.0992 e. The van der Waals surface area contributed by atoms with E-state index in [2.05, 4.69) is 56.4 Å². The standard InChI is InChI=1S/C19H22N2/c1-14(2)11-19(17-7-5-4-6-8-17)21-18-12-16(13-20)10-9-15(18)3/h4-10,12,14,19,21H,11H2,1-3H3. The van der Waals surface area contributed by atoms with E-state index in [0.717, 1.165) is 12.1 Å². The zero-order valence-corrected chi connectivity index (χ0v) is 12.9. The van der Waals surface area contributed by atoms with Gasteiger partial charge in [0, 0.05) is 5.69 Å². The number of nitriles is 1. The molecule has 0 aromatic heterocycles. The van der Waals surface area contributed by atoms with E-state index in [4.69, 9.17) is 5.26 Å². The highest BCUT2D eigenvalue weighted by Crippen LogP contribution is 2.28. The summed E-state index contributed by atoms with van der Waals surface area (Å²) >= 11 is 0. The molecule has 0 bridgehead atoms. The highest BCUT2D eigenvalue weighted by Gasteiger charge is 2.14. The summed E-state index contributed by atoms with van der Waals surface area (Å²) in [5, 5.41) is 12.7. The molecule has 0 spiro atoms. The van der Waals surface area contributed by atoms with Crippen LogP contribution in [0.1, 0.15) is 43.0 Å². The van der Waals surface area contributed by atoms with Crippen LogP contribution in [0.15, 0.2) is 48.5 Å². The van der Waals surface area contributed by atoms with E-state index in [9.17, 15) is 0 Å². The number of rotatable bonds is 5. The van der Waals surface area contributed by atoms with Crippen LogP contribution in [0.3, 0.4) is 0 Å². The maximum absolute atomic E-state index is 9.07. The van der Waals surface area contributed by atoms with Gasteiger partial charge in [-0.05, 0) is 42.5 Å². The fraction of sp³-hybridized carbons (Fsp3) is 0.316. The minimum absolute atomic E-state index is 0.263. The van der Waals surface area contributed by atoms with Crippen LogP contribution in [-0.4, -0.2) is 0 Å². The Hall–Kier alpha value is -2.27. The summed E-state index contributed by atoms with van der Waals surface area (Å²) in [5.74, 6) is 0.599. The predicted molar refractivity (Wildman–Crippen MR) is 88.2 cm³/mol. The Morgan fingerprint density at radius 3 is 2.43 bits per heavy atom. The predicted octanol–water partition coefficient (Wildman–Crippen LogP) is 5.07. The second-order valence-corrected chi connectivity index (χ2v) is 5.88. The molecule has 0 saturated carbocycles. The van der Waals surface area contributed by atoms with Crippen molar-refractivity contribution in [2.24, 2.45) is 5.92 Å². The summed E-state index contributed by atoms with van der Waals surface area (Å²) in [5.41, 5.74) is 4.19. The van der Waals surface area contributed by atoms with Gasteiger partial charge in [-0.3, -0.25) is 0 Å². The molecule has 0 radical (unpaired) electrons. The highest BCUT2D eigenvalue weighted by atomic mass is 14.9. The van der Waals surface area contributed by atoms with Gasteiger partial charge in [0.05, 0.1) is 17.7 Å². The summed E-state index contributed by atoms with van der Waals surface area (Å²) in [6.07, 6.45) is 1.06. The van der Waals surface area contributed by atoms with E-state index < -0.39 is 0 Å². The summed E-state index contributed by atoms with van der Waals surface area (Å²) in [7, 11) is 0. The van der Waals surface area contributed by atoms with Crippen molar-refractivity contribution in [2.75, 3.05) is 5.32 Å². The summed E-state index contributed by atoms with van der Waals surface area (Å²) in [6, 6.07) is 18.8. The number of hydrogen-bond donors (Lipinski definition) is 1. The topological polar surface area (TPSA) is 35.8 Å². The molecule has 2 nitrogen and oxygen atoms in total. The third kappa shape index (κ3) is 4.10. The van der Waals surface area contributed by atoms with Crippen LogP contribution in [0.25, 0.3) is 0 Å². The normalized spacial score (nSPS) is 12.0. The van der Waals surface area contributed by atoms with Crippen molar-refractivity contribution in [3.63, 3.8) is 0 Å². The van der Waals surface area contributed by atoms with Crippen molar-refractivity contribution in [1.29, 1.82) is 5.26 Å². The van der Waals surface area contributed by atoms with Gasteiger partial charge in [0.25, 0.3) is 0 Å². The van der Waals surface area contributed by atoms with Crippen molar-refractivity contribution in [1.82, 2.24) is 0 Å². The van der Waals surface area contributed by atoms with Crippen molar-refractivity contribution in [3.8, 4) is 6.07 Å². The fourth-order valence-corrected chi connectivity index (χ4v) is 2.47. The third-order valence-corrected chi connectivity index (χ3v) is 3.61. The minimum Gasteiger partial charge on any atom is -0.378 e. The van der Waals surface area contributed by atoms with Crippen molar-refractivity contribution in [3.05, 3.63) is 65.2 Å². The largest absolute Gasteiger partial charge is 0.378 e. The van der Waals surface area contributed by atoms with E-state index in [0.29, 0.717) is 11.5 Å². The molecule has 1 unspecified atom stereocenters. The van der Waals surface area contributed by atoms with Crippen LogP contribution in [0.4, 0.5) is 5.69 Å². The number of aryl methyl sites for hydroxylation is 1. The Morgan fingerprint density at radius 1 is 1.10 bits per heavy atom. The van der Waals surface area contributed by atoms with Crippen LogP contribution < -0.4 is 5.32 Å². The minimum atomic E-state index is 0.263. The SMILES string of the molecule is Cc1ccc(C#N)cc1NC(CC(C)C)c1ccccc1. The molecule has 108 valence electrons. The first-order valence-electron chi connectivity index (χ1n) is 7.42. The maximum atomic E-state index is 9.07. The Labute approximate surface area is 127 Å². The number of nitrogens with zero attached hydrogens (tertiary/aromatic N) is 1. The van der Waals surface area contributed by atoms with Gasteiger partial charge in [0.2, 0.25) is 0 Å². The van der Waals surface area contributed by atoms with E-state index >= 15 is 0 Å². The van der Waals surface area contributed by atoms with Gasteiger partial charge < -0.3 is 5.32 Å². The number of hydrogen-bond acceptors (Lipinski definition) is 2. The Bertz CT molecular complexity index is 624. The Morgan fingerprint density at radius 2 is 1.81 bits per heavy atom. The molecule has 0 aliphatic heterocycles. The molecule has 2 aromatic rings. The first-order chi connectivity index (χ1) is 10.1. The van der Waals surface area contributed by atoms with Gasteiger partial charge in [-0.2, -0.15) is 5.26 Å². The lowest BCUT2D eigenvalue weighted by atomic mass is 9.96. The lowest BCUT2D eigenvalue weighted by molar-refractivity contribution is 0.531. The molecule has 0 aliphatic rings. The molecule has 2 aromatic carbocycles. The van der Waals surface area contributed by atoms with Crippen molar-refractivity contribution >= 4 is 5.69 Å². The molecule has 2 rings (SSSR count). The Kier molecular flexibility index (Phi) is 5.00. The van der Waals surface area contributed by atoms with Crippen LogP contribution >= 0.6 is 0 Å². The summed E-state index contributed by atoms with van der Waals surface area (Å²) in [6.45, 7) is 6.53. The van der Waals surface area contributed by atoms with Gasteiger partial charge in [0.1, 0.15) is 0 Å². The van der Waals surface area contributed by atoms with Crippen LogP contribution in [-0.2, 0) is 0 Å². The molecule has 0 amide bonds. The quantitative estimate of drug-likeness (QED) is 0.829. The third-order valence-electron chi connectivity index (χ3n) is 3.61. The second-order valence-electron chi connectivity index (χ2n) is 5.88. The molecule has 0 heterocycles. The van der Waals surface area contributed by atoms with E-state index in [1.54, 1.807) is 0 Å². The average molecular weight is 278 g/mol. The molecule has 1 atom stereocenters. The number of nitrogens with one attached hydrogen (secondary N) is 1. The smallest absolute Gasteiger partial charge is 0.0992 e. The number of benzene rings is 2. The molecule has 0 saturated heterocycles. The molecule has 1 N–H and O–H groups in total. The molecule has 2 heteroatoms. The fourth-order valence-electron chi connectivity index (χ4n) is 2.47. The van der Waals surface area contributed by atoms with E-state index in [1.165, 1.54) is 11.1 Å². The highest BCUT2D eigenvalue weighted by molar-refractivity contribution is 5.56. The number of anilines is 1. The van der Waals surface area contributed by atoms with E-state index in [-0.39, 0.29) is 6.04 Å².